The lowest BCUT2D eigenvalue weighted by Crippen LogP contribution is -2.54. The van der Waals surface area contributed by atoms with Gasteiger partial charge in [0.2, 0.25) is 5.91 Å². The van der Waals surface area contributed by atoms with Crippen molar-refractivity contribution >= 4 is 39.5 Å². The van der Waals surface area contributed by atoms with Crippen molar-refractivity contribution in [2.24, 2.45) is 0 Å². The number of piperazine rings is 1. The van der Waals surface area contributed by atoms with E-state index in [1.807, 2.05) is 4.90 Å². The Morgan fingerprint density at radius 3 is 2.52 bits per heavy atom. The van der Waals surface area contributed by atoms with Crippen molar-refractivity contribution < 1.29 is 14.0 Å². The summed E-state index contributed by atoms with van der Waals surface area (Å²) in [4.78, 5) is 28.1. The van der Waals surface area contributed by atoms with Gasteiger partial charge in [-0.2, -0.15) is 0 Å². The molecule has 0 saturated carbocycles. The van der Waals surface area contributed by atoms with E-state index >= 15 is 0 Å². The molecule has 1 aromatic heterocycles. The summed E-state index contributed by atoms with van der Waals surface area (Å²) in [5.74, 6) is 2.02. The van der Waals surface area contributed by atoms with E-state index < -0.39 is 0 Å². The van der Waals surface area contributed by atoms with Gasteiger partial charge >= 0.3 is 0 Å². The van der Waals surface area contributed by atoms with Crippen LogP contribution in [0, 0.1) is 0 Å². The molecule has 0 spiro atoms. The highest BCUT2D eigenvalue weighted by molar-refractivity contribution is 9.10. The van der Waals surface area contributed by atoms with Crippen LogP contribution in [0.15, 0.2) is 21.2 Å². The number of amides is 2. The highest BCUT2D eigenvalue weighted by atomic mass is 79.9. The Balaban J connectivity index is 1.55. The molecule has 114 valence electrons. The normalized spacial score (nSPS) is 22.6. The van der Waals surface area contributed by atoms with Crippen molar-refractivity contribution in [1.29, 1.82) is 0 Å². The standard InChI is InChI=1S/C13H16BrN3O3S/c14-11-2-1-10(20-11)13(19)17-5-3-16(4-6-17)12(18)9-7-21-8-15-9/h1-2,9,15H,3-8H2. The zero-order chi connectivity index (χ0) is 14.8. The number of carbonyl (C=O) groups excluding carboxylic acids is 2. The third kappa shape index (κ3) is 3.27. The molecule has 2 aliphatic heterocycles. The number of rotatable bonds is 2. The van der Waals surface area contributed by atoms with Crippen LogP contribution in [0.25, 0.3) is 0 Å². The Labute approximate surface area is 135 Å². The number of thioether (sulfide) groups is 1. The topological polar surface area (TPSA) is 65.8 Å². The second kappa shape index (κ2) is 6.41. The van der Waals surface area contributed by atoms with E-state index in [1.54, 1.807) is 28.8 Å². The fourth-order valence-electron chi connectivity index (χ4n) is 2.49. The van der Waals surface area contributed by atoms with Gasteiger partial charge in [-0.1, -0.05) is 0 Å². The van der Waals surface area contributed by atoms with E-state index in [4.69, 9.17) is 4.42 Å². The van der Waals surface area contributed by atoms with E-state index in [1.165, 1.54) is 0 Å². The molecule has 2 fully saturated rings. The number of halogens is 1. The van der Waals surface area contributed by atoms with E-state index in [0.717, 1.165) is 11.6 Å². The highest BCUT2D eigenvalue weighted by Gasteiger charge is 2.31. The summed E-state index contributed by atoms with van der Waals surface area (Å²) in [5.41, 5.74) is 0. The van der Waals surface area contributed by atoms with Gasteiger partial charge in [0.15, 0.2) is 10.4 Å². The van der Waals surface area contributed by atoms with Crippen molar-refractivity contribution in [1.82, 2.24) is 15.1 Å². The van der Waals surface area contributed by atoms with Crippen LogP contribution in [0.3, 0.4) is 0 Å². The zero-order valence-corrected chi connectivity index (χ0v) is 13.8. The Hall–Kier alpha value is -0.990. The molecule has 2 saturated heterocycles. The molecule has 3 rings (SSSR count). The lowest BCUT2D eigenvalue weighted by atomic mass is 10.2. The summed E-state index contributed by atoms with van der Waals surface area (Å²) >= 11 is 4.93. The molecule has 0 bridgehead atoms. The summed E-state index contributed by atoms with van der Waals surface area (Å²) in [6.45, 7) is 2.25. The fraction of sp³-hybridized carbons (Fsp3) is 0.538. The average Bonchev–Trinajstić information content (AvgIpc) is 3.17. The average molecular weight is 374 g/mol. The van der Waals surface area contributed by atoms with Gasteiger partial charge in [0.25, 0.3) is 5.91 Å². The van der Waals surface area contributed by atoms with Gasteiger partial charge in [-0.3, -0.25) is 14.9 Å². The Morgan fingerprint density at radius 1 is 1.24 bits per heavy atom. The lowest BCUT2D eigenvalue weighted by molar-refractivity contribution is -0.134. The van der Waals surface area contributed by atoms with E-state index in [9.17, 15) is 9.59 Å². The van der Waals surface area contributed by atoms with Gasteiger partial charge in [0, 0.05) is 37.8 Å². The van der Waals surface area contributed by atoms with E-state index in [2.05, 4.69) is 21.2 Å². The smallest absolute Gasteiger partial charge is 0.289 e. The lowest BCUT2D eigenvalue weighted by Gasteiger charge is -2.35. The Morgan fingerprint density at radius 2 is 1.95 bits per heavy atom. The maximum Gasteiger partial charge on any atom is 0.289 e. The minimum atomic E-state index is -0.123. The molecule has 1 atom stereocenters. The third-order valence-electron chi connectivity index (χ3n) is 3.68. The molecule has 8 heteroatoms. The number of hydrogen-bond donors (Lipinski definition) is 1. The Bertz CT molecular complexity index is 537. The van der Waals surface area contributed by atoms with Gasteiger partial charge in [0.05, 0.1) is 6.04 Å². The molecule has 21 heavy (non-hydrogen) atoms. The van der Waals surface area contributed by atoms with Crippen LogP contribution in [0.2, 0.25) is 0 Å². The predicted molar refractivity (Wildman–Crippen MR) is 83.1 cm³/mol. The zero-order valence-electron chi connectivity index (χ0n) is 11.4. The highest BCUT2D eigenvalue weighted by Crippen LogP contribution is 2.17. The SMILES string of the molecule is O=C(c1ccc(Br)o1)N1CCN(C(=O)C2CSCN2)CC1. The first-order valence-electron chi connectivity index (χ1n) is 6.79. The molecule has 1 N–H and O–H groups in total. The summed E-state index contributed by atoms with van der Waals surface area (Å²) in [7, 11) is 0. The van der Waals surface area contributed by atoms with Gasteiger partial charge in [-0.25, -0.2) is 0 Å². The summed E-state index contributed by atoms with van der Waals surface area (Å²) < 4.78 is 5.83. The number of nitrogens with one attached hydrogen (secondary N) is 1. The maximum absolute atomic E-state index is 12.3. The number of hydrogen-bond acceptors (Lipinski definition) is 5. The molecule has 0 aromatic carbocycles. The first kappa shape index (κ1) is 14.9. The van der Waals surface area contributed by atoms with Crippen LogP contribution in [0.4, 0.5) is 0 Å². The molecule has 6 nitrogen and oxygen atoms in total. The maximum atomic E-state index is 12.3. The third-order valence-corrected chi connectivity index (χ3v) is 5.04. The number of carbonyl (C=O) groups is 2. The van der Waals surface area contributed by atoms with Crippen LogP contribution in [-0.4, -0.2) is 65.5 Å². The quantitative estimate of drug-likeness (QED) is 0.837. The van der Waals surface area contributed by atoms with Crippen LogP contribution < -0.4 is 5.32 Å². The molecule has 3 heterocycles. The molecule has 1 aromatic rings. The van der Waals surface area contributed by atoms with Crippen LogP contribution in [0.1, 0.15) is 10.6 Å². The largest absolute Gasteiger partial charge is 0.444 e. The Kier molecular flexibility index (Phi) is 4.56. The molecule has 0 aliphatic carbocycles. The minimum absolute atomic E-state index is 0.0710. The van der Waals surface area contributed by atoms with Crippen LogP contribution in [0.5, 0.6) is 0 Å². The first-order chi connectivity index (χ1) is 10.1. The van der Waals surface area contributed by atoms with Gasteiger partial charge < -0.3 is 14.2 Å². The van der Waals surface area contributed by atoms with Crippen molar-refractivity contribution in [2.75, 3.05) is 37.8 Å². The number of furan rings is 1. The summed E-state index contributed by atoms with van der Waals surface area (Å²) in [6, 6.07) is 3.29. The molecule has 0 radical (unpaired) electrons. The summed E-state index contributed by atoms with van der Waals surface area (Å²) in [5, 5.41) is 3.19. The van der Waals surface area contributed by atoms with Crippen LogP contribution in [-0.2, 0) is 4.79 Å². The molecule has 2 aliphatic rings. The fourth-order valence-corrected chi connectivity index (χ4v) is 3.73. The molecule has 2 amide bonds. The van der Waals surface area contributed by atoms with Crippen molar-refractivity contribution in [3.63, 3.8) is 0 Å². The van der Waals surface area contributed by atoms with Gasteiger partial charge in [0.1, 0.15) is 0 Å². The van der Waals surface area contributed by atoms with E-state index in [0.29, 0.717) is 36.6 Å². The molecule has 1 unspecified atom stereocenters. The van der Waals surface area contributed by atoms with Crippen molar-refractivity contribution in [3.05, 3.63) is 22.6 Å². The van der Waals surface area contributed by atoms with E-state index in [-0.39, 0.29) is 17.9 Å². The van der Waals surface area contributed by atoms with Crippen molar-refractivity contribution in [3.8, 4) is 0 Å². The molecular formula is C13H16BrN3O3S. The second-order valence-corrected chi connectivity index (χ2v) is 6.80. The minimum Gasteiger partial charge on any atom is -0.444 e. The second-order valence-electron chi connectivity index (χ2n) is 4.99. The number of nitrogens with zero attached hydrogens (tertiary/aromatic N) is 2. The monoisotopic (exact) mass is 373 g/mol. The van der Waals surface area contributed by atoms with Crippen LogP contribution >= 0.6 is 27.7 Å². The first-order valence-corrected chi connectivity index (χ1v) is 8.74. The summed E-state index contributed by atoms with van der Waals surface area (Å²) in [6.07, 6.45) is 0. The molecular weight excluding hydrogens is 358 g/mol. The van der Waals surface area contributed by atoms with Gasteiger partial charge in [-0.05, 0) is 28.1 Å². The predicted octanol–water partition coefficient (Wildman–Crippen LogP) is 0.989. The van der Waals surface area contributed by atoms with Gasteiger partial charge in [-0.15, -0.1) is 11.8 Å². The van der Waals surface area contributed by atoms with Crippen molar-refractivity contribution in [2.45, 2.75) is 6.04 Å².